The van der Waals surface area contributed by atoms with Crippen LogP contribution in [0.25, 0.3) is 6.08 Å². The molecule has 1 amide bonds. The molecule has 1 N–H and O–H groups in total. The van der Waals surface area contributed by atoms with Crippen molar-refractivity contribution in [3.8, 4) is 23.3 Å². The number of nitriles is 1. The lowest BCUT2D eigenvalue weighted by atomic mass is 10.1. The number of sulfone groups is 1. The summed E-state index contributed by atoms with van der Waals surface area (Å²) in [6.45, 7) is 1.48. The molecule has 0 aliphatic heterocycles. The Morgan fingerprint density at radius 2 is 1.83 bits per heavy atom. The zero-order valence-electron chi connectivity index (χ0n) is 16.0. The highest BCUT2D eigenvalue weighted by Gasteiger charge is 2.20. The fraction of sp³-hybridized carbons (Fsp3) is 0.294. The van der Waals surface area contributed by atoms with Crippen molar-refractivity contribution in [1.82, 2.24) is 10.2 Å². The number of nitrogens with one attached hydrogen (secondary N) is 1. The van der Waals surface area contributed by atoms with Crippen LogP contribution < -0.4 is 19.5 Å². The summed E-state index contributed by atoms with van der Waals surface area (Å²) < 4.78 is 39.1. The van der Waals surface area contributed by atoms with E-state index in [1.165, 1.54) is 34.3 Å². The van der Waals surface area contributed by atoms with Crippen LogP contribution in [-0.2, 0) is 14.6 Å². The maximum Gasteiger partial charge on any atom is 0.268 e. The molecule has 0 saturated carbocycles. The first-order valence-electron chi connectivity index (χ1n) is 8.09. The van der Waals surface area contributed by atoms with E-state index in [1.807, 2.05) is 0 Å². The Bertz CT molecular complexity index is 1060. The average Bonchev–Trinajstić information content (AvgIpc) is 3.20. The van der Waals surface area contributed by atoms with Crippen molar-refractivity contribution in [2.75, 3.05) is 32.4 Å². The summed E-state index contributed by atoms with van der Waals surface area (Å²) in [6.07, 6.45) is 1.32. The summed E-state index contributed by atoms with van der Waals surface area (Å²) in [6, 6.07) is 4.94. The summed E-state index contributed by atoms with van der Waals surface area (Å²) in [5.74, 6) is 0.176. The van der Waals surface area contributed by atoms with Gasteiger partial charge >= 0.3 is 0 Å². The molecule has 0 aliphatic rings. The predicted molar refractivity (Wildman–Crippen MR) is 106 cm³/mol. The van der Waals surface area contributed by atoms with Gasteiger partial charge in [-0.05, 0) is 23.8 Å². The van der Waals surface area contributed by atoms with Crippen LogP contribution in [0.2, 0.25) is 0 Å². The number of methoxy groups -OCH3 is 3. The van der Waals surface area contributed by atoms with Crippen molar-refractivity contribution in [1.29, 1.82) is 5.26 Å². The molecule has 2 rings (SSSR count). The van der Waals surface area contributed by atoms with Crippen molar-refractivity contribution >= 4 is 38.3 Å². The summed E-state index contributed by atoms with van der Waals surface area (Å²) in [5.41, 5.74) is 0.215. The van der Waals surface area contributed by atoms with E-state index < -0.39 is 15.7 Å². The molecule has 1 aromatic heterocycles. The largest absolute Gasteiger partial charge is 0.493 e. The molecule has 12 heteroatoms. The minimum atomic E-state index is -3.54. The third-order valence-corrected chi connectivity index (χ3v) is 6.66. The highest BCUT2D eigenvalue weighted by molar-refractivity contribution is 7.93. The molecule has 154 valence electrons. The molecule has 0 radical (unpaired) electrons. The summed E-state index contributed by atoms with van der Waals surface area (Å²) in [7, 11) is 0.811. The number of anilines is 1. The van der Waals surface area contributed by atoms with Gasteiger partial charge in [-0.25, -0.2) is 8.42 Å². The molecule has 0 aliphatic carbocycles. The van der Waals surface area contributed by atoms with Crippen LogP contribution in [0.5, 0.6) is 17.2 Å². The van der Waals surface area contributed by atoms with Gasteiger partial charge in [-0.2, -0.15) is 5.26 Å². The minimum Gasteiger partial charge on any atom is -0.493 e. The van der Waals surface area contributed by atoms with Crippen LogP contribution in [0.15, 0.2) is 22.0 Å². The number of amides is 1. The van der Waals surface area contributed by atoms with E-state index in [1.54, 1.807) is 18.2 Å². The fourth-order valence-electron chi connectivity index (χ4n) is 2.17. The Morgan fingerprint density at radius 3 is 2.31 bits per heavy atom. The summed E-state index contributed by atoms with van der Waals surface area (Å²) >= 11 is 0.709. The van der Waals surface area contributed by atoms with E-state index in [0.717, 1.165) is 0 Å². The highest BCUT2D eigenvalue weighted by Crippen LogP contribution is 2.38. The molecule has 1 heterocycles. The van der Waals surface area contributed by atoms with E-state index in [9.17, 15) is 18.5 Å². The molecule has 2 aromatic rings. The minimum absolute atomic E-state index is 0.0342. The number of rotatable bonds is 8. The summed E-state index contributed by atoms with van der Waals surface area (Å²) in [5, 5.41) is 18.9. The lowest BCUT2D eigenvalue weighted by Gasteiger charge is -2.13. The number of ether oxygens (including phenoxy) is 3. The Hall–Kier alpha value is -3.17. The monoisotopic (exact) mass is 438 g/mol. The molecule has 0 bridgehead atoms. The number of carbonyl (C=O) groups excluding carboxylic acids is 1. The molecular weight excluding hydrogens is 420 g/mol. The molecule has 29 heavy (non-hydrogen) atoms. The Labute approximate surface area is 171 Å². The fourth-order valence-corrected chi connectivity index (χ4v) is 4.16. The second-order valence-corrected chi connectivity index (χ2v) is 8.79. The highest BCUT2D eigenvalue weighted by atomic mass is 32.2. The zero-order valence-corrected chi connectivity index (χ0v) is 17.7. The van der Waals surface area contributed by atoms with E-state index in [2.05, 4.69) is 15.5 Å². The zero-order chi connectivity index (χ0) is 21.6. The van der Waals surface area contributed by atoms with Gasteiger partial charge in [0.25, 0.3) is 5.91 Å². The van der Waals surface area contributed by atoms with Gasteiger partial charge in [-0.15, -0.1) is 10.2 Å². The first-order valence-corrected chi connectivity index (χ1v) is 10.6. The van der Waals surface area contributed by atoms with Crippen LogP contribution in [0.1, 0.15) is 12.5 Å². The van der Waals surface area contributed by atoms with Crippen molar-refractivity contribution in [2.45, 2.75) is 11.3 Å². The van der Waals surface area contributed by atoms with E-state index in [0.29, 0.717) is 34.1 Å². The Kier molecular flexibility index (Phi) is 7.13. The van der Waals surface area contributed by atoms with Crippen molar-refractivity contribution in [3.05, 3.63) is 23.3 Å². The Morgan fingerprint density at radius 1 is 1.21 bits per heavy atom. The normalized spacial score (nSPS) is 11.5. The first kappa shape index (κ1) is 22.1. The van der Waals surface area contributed by atoms with Gasteiger partial charge in [0, 0.05) is 0 Å². The maximum atomic E-state index is 12.4. The van der Waals surface area contributed by atoms with E-state index >= 15 is 0 Å². The van der Waals surface area contributed by atoms with Gasteiger partial charge in [-0.3, -0.25) is 10.1 Å². The van der Waals surface area contributed by atoms with Crippen molar-refractivity contribution < 1.29 is 27.4 Å². The SMILES string of the molecule is CCS(=O)(=O)c1nnc(NC(=O)C(C#N)=Cc2cc(OC)c(OC)c(OC)c2)s1. The summed E-state index contributed by atoms with van der Waals surface area (Å²) in [4.78, 5) is 12.4. The molecule has 1 aromatic carbocycles. The second-order valence-electron chi connectivity index (χ2n) is 5.36. The molecule has 0 spiro atoms. The topological polar surface area (TPSA) is 140 Å². The van der Waals surface area contributed by atoms with Crippen molar-refractivity contribution in [3.63, 3.8) is 0 Å². The number of carbonyl (C=O) groups is 1. The third kappa shape index (κ3) is 5.01. The number of hydrogen-bond donors (Lipinski definition) is 1. The number of benzene rings is 1. The number of hydrogen-bond acceptors (Lipinski definition) is 10. The number of aromatic nitrogens is 2. The van der Waals surface area contributed by atoms with Crippen molar-refractivity contribution in [2.24, 2.45) is 0 Å². The Balaban J connectivity index is 2.33. The second kappa shape index (κ2) is 9.35. The van der Waals surface area contributed by atoms with E-state index in [4.69, 9.17) is 14.2 Å². The van der Waals surface area contributed by atoms with Gasteiger partial charge in [0.15, 0.2) is 11.5 Å². The van der Waals surface area contributed by atoms with Gasteiger partial charge in [0.2, 0.25) is 25.1 Å². The van der Waals surface area contributed by atoms with Crippen LogP contribution in [0.3, 0.4) is 0 Å². The smallest absolute Gasteiger partial charge is 0.268 e. The lowest BCUT2D eigenvalue weighted by molar-refractivity contribution is -0.112. The van der Waals surface area contributed by atoms with E-state index in [-0.39, 0.29) is 20.8 Å². The van der Waals surface area contributed by atoms with Crippen LogP contribution in [-0.4, -0.2) is 51.6 Å². The van der Waals surface area contributed by atoms with Gasteiger partial charge < -0.3 is 14.2 Å². The molecular formula is C17H18N4O6S2. The van der Waals surface area contributed by atoms with Gasteiger partial charge in [-0.1, -0.05) is 18.3 Å². The number of nitrogens with zero attached hydrogens (tertiary/aromatic N) is 3. The standard InChI is InChI=1S/C17H18N4O6S2/c1-5-29(23,24)17-21-20-16(28-17)19-15(22)11(9-18)6-10-7-12(25-2)14(27-4)13(8-10)26-3/h6-8H,5H2,1-4H3,(H,19,20,22). The van der Waals surface area contributed by atoms with Crippen LogP contribution >= 0.6 is 11.3 Å². The average molecular weight is 438 g/mol. The van der Waals surface area contributed by atoms with Crippen LogP contribution in [0, 0.1) is 11.3 Å². The molecule has 0 unspecified atom stereocenters. The quantitative estimate of drug-likeness (QED) is 0.371. The van der Waals surface area contributed by atoms with Crippen LogP contribution in [0.4, 0.5) is 5.13 Å². The molecule has 0 saturated heterocycles. The third-order valence-electron chi connectivity index (χ3n) is 3.64. The predicted octanol–water partition coefficient (Wildman–Crippen LogP) is 1.90. The molecule has 0 atom stereocenters. The molecule has 0 fully saturated rings. The van der Waals surface area contributed by atoms with Gasteiger partial charge in [0.1, 0.15) is 11.6 Å². The molecule has 10 nitrogen and oxygen atoms in total. The maximum absolute atomic E-state index is 12.4. The first-order chi connectivity index (χ1) is 13.8. The van der Waals surface area contributed by atoms with Gasteiger partial charge in [0.05, 0.1) is 27.1 Å². The lowest BCUT2D eigenvalue weighted by Crippen LogP contribution is -2.13.